The van der Waals surface area contributed by atoms with Gasteiger partial charge in [0.15, 0.2) is 0 Å². The van der Waals surface area contributed by atoms with E-state index in [2.05, 4.69) is 0 Å². The van der Waals surface area contributed by atoms with Crippen molar-refractivity contribution >= 4 is 46.4 Å². The van der Waals surface area contributed by atoms with E-state index >= 15 is 0 Å². The van der Waals surface area contributed by atoms with Gasteiger partial charge in [-0.3, -0.25) is 0 Å². The van der Waals surface area contributed by atoms with Crippen molar-refractivity contribution in [2.45, 2.75) is 6.42 Å². The Morgan fingerprint density at radius 2 is 1.47 bits per heavy atom. The van der Waals surface area contributed by atoms with Gasteiger partial charge in [0, 0.05) is 21.2 Å². The average molecular weight is 335 g/mol. The summed E-state index contributed by atoms with van der Waals surface area (Å²) in [6, 6.07) is 9.02. The highest BCUT2D eigenvalue weighted by Gasteiger charge is 2.13. The van der Waals surface area contributed by atoms with Gasteiger partial charge < -0.3 is 5.73 Å². The number of halogens is 4. The molecule has 0 atom stereocenters. The Morgan fingerprint density at radius 1 is 0.842 bits per heavy atom. The van der Waals surface area contributed by atoms with E-state index in [1.807, 2.05) is 18.2 Å². The lowest BCUT2D eigenvalue weighted by Gasteiger charge is -2.11. The molecule has 0 amide bonds. The van der Waals surface area contributed by atoms with Gasteiger partial charge in [-0.25, -0.2) is 0 Å². The van der Waals surface area contributed by atoms with Gasteiger partial charge in [-0.05, 0) is 42.8 Å². The summed E-state index contributed by atoms with van der Waals surface area (Å²) >= 11 is 24.6. The fraction of sp³-hybridized carbons (Fsp3) is 0.143. The van der Waals surface area contributed by atoms with Crippen molar-refractivity contribution in [2.24, 2.45) is 5.73 Å². The lowest BCUT2D eigenvalue weighted by Crippen LogP contribution is -2.02. The van der Waals surface area contributed by atoms with E-state index in [4.69, 9.17) is 52.1 Å². The van der Waals surface area contributed by atoms with Crippen molar-refractivity contribution in [3.05, 3.63) is 56.0 Å². The van der Waals surface area contributed by atoms with Crippen LogP contribution in [0.4, 0.5) is 0 Å². The van der Waals surface area contributed by atoms with Crippen LogP contribution in [-0.2, 0) is 6.42 Å². The van der Waals surface area contributed by atoms with Gasteiger partial charge in [-0.2, -0.15) is 0 Å². The molecule has 2 aromatic carbocycles. The van der Waals surface area contributed by atoms with Crippen LogP contribution in [0.3, 0.4) is 0 Å². The average Bonchev–Trinajstić information content (AvgIpc) is 2.32. The van der Waals surface area contributed by atoms with Crippen molar-refractivity contribution < 1.29 is 0 Å². The molecule has 1 nitrogen and oxygen atoms in total. The minimum atomic E-state index is 0.476. The fourth-order valence-electron chi connectivity index (χ4n) is 1.89. The van der Waals surface area contributed by atoms with Crippen molar-refractivity contribution in [1.82, 2.24) is 0 Å². The van der Waals surface area contributed by atoms with Crippen LogP contribution in [0.5, 0.6) is 0 Å². The fourth-order valence-corrected chi connectivity index (χ4v) is 3.12. The predicted octanol–water partition coefficient (Wildman–Crippen LogP) is 5.47. The third-order valence-electron chi connectivity index (χ3n) is 2.74. The SMILES string of the molecule is NCCc1ccc(Cl)c(-c2c(Cl)cc(Cl)cc2Cl)c1. The van der Waals surface area contributed by atoms with Crippen LogP contribution in [0, 0.1) is 0 Å². The van der Waals surface area contributed by atoms with Gasteiger partial charge in [-0.15, -0.1) is 0 Å². The van der Waals surface area contributed by atoms with Crippen molar-refractivity contribution in [3.8, 4) is 11.1 Å². The van der Waals surface area contributed by atoms with Crippen LogP contribution >= 0.6 is 46.4 Å². The molecule has 0 radical (unpaired) electrons. The summed E-state index contributed by atoms with van der Waals surface area (Å²) in [4.78, 5) is 0. The summed E-state index contributed by atoms with van der Waals surface area (Å²) in [5.74, 6) is 0. The molecule has 0 heterocycles. The molecule has 0 aliphatic rings. The third kappa shape index (κ3) is 3.36. The predicted molar refractivity (Wildman–Crippen MR) is 84.7 cm³/mol. The smallest absolute Gasteiger partial charge is 0.0514 e. The molecule has 5 heteroatoms. The maximum atomic E-state index is 6.23. The molecule has 100 valence electrons. The topological polar surface area (TPSA) is 26.0 Å². The second-order valence-electron chi connectivity index (χ2n) is 4.10. The van der Waals surface area contributed by atoms with Crippen molar-refractivity contribution in [2.75, 3.05) is 6.54 Å². The largest absolute Gasteiger partial charge is 0.330 e. The van der Waals surface area contributed by atoms with Gasteiger partial charge in [-0.1, -0.05) is 52.5 Å². The highest BCUT2D eigenvalue weighted by molar-refractivity contribution is 6.43. The van der Waals surface area contributed by atoms with Gasteiger partial charge in [0.05, 0.1) is 10.0 Å². The first-order valence-corrected chi connectivity index (χ1v) is 7.17. The second kappa shape index (κ2) is 6.34. The first-order valence-electron chi connectivity index (χ1n) is 5.66. The molecule has 0 aliphatic carbocycles. The highest BCUT2D eigenvalue weighted by atomic mass is 35.5. The molecule has 0 aliphatic heterocycles. The molecule has 0 unspecified atom stereocenters. The summed E-state index contributed by atoms with van der Waals surface area (Å²) in [6.07, 6.45) is 0.771. The highest BCUT2D eigenvalue weighted by Crippen LogP contribution is 2.40. The summed E-state index contributed by atoms with van der Waals surface area (Å²) in [5, 5.41) is 2.04. The van der Waals surface area contributed by atoms with Gasteiger partial charge in [0.1, 0.15) is 0 Å². The first-order chi connectivity index (χ1) is 9.02. The van der Waals surface area contributed by atoms with E-state index in [1.165, 1.54) is 0 Å². The Morgan fingerprint density at radius 3 is 2.05 bits per heavy atom. The van der Waals surface area contributed by atoms with Crippen LogP contribution in [0.1, 0.15) is 5.56 Å². The molecule has 2 rings (SSSR count). The summed E-state index contributed by atoms with van der Waals surface area (Å²) < 4.78 is 0. The van der Waals surface area contributed by atoms with Crippen molar-refractivity contribution in [3.63, 3.8) is 0 Å². The molecule has 0 fully saturated rings. The number of benzene rings is 2. The summed E-state index contributed by atoms with van der Waals surface area (Å²) in [5.41, 5.74) is 8.13. The molecule has 2 aromatic rings. The number of nitrogens with two attached hydrogens (primary N) is 1. The van der Waals surface area contributed by atoms with Crippen LogP contribution < -0.4 is 5.73 Å². The normalized spacial score (nSPS) is 10.8. The van der Waals surface area contributed by atoms with Gasteiger partial charge in [0.25, 0.3) is 0 Å². The lowest BCUT2D eigenvalue weighted by atomic mass is 10.0. The summed E-state index contributed by atoms with van der Waals surface area (Å²) in [6.45, 7) is 0.573. The third-order valence-corrected chi connectivity index (χ3v) is 3.88. The molecule has 0 aromatic heterocycles. The zero-order valence-corrected chi connectivity index (χ0v) is 12.9. The molecular formula is C14H11Cl4N. The molecule has 0 spiro atoms. The lowest BCUT2D eigenvalue weighted by molar-refractivity contribution is 0.969. The molecule has 0 saturated heterocycles. The van der Waals surface area contributed by atoms with Crippen molar-refractivity contribution in [1.29, 1.82) is 0 Å². The van der Waals surface area contributed by atoms with E-state index in [1.54, 1.807) is 12.1 Å². The Bertz CT molecular complexity index is 587. The van der Waals surface area contributed by atoms with E-state index in [-0.39, 0.29) is 0 Å². The first kappa shape index (κ1) is 15.0. The van der Waals surface area contributed by atoms with Crippen LogP contribution in [0.2, 0.25) is 20.1 Å². The minimum Gasteiger partial charge on any atom is -0.330 e. The zero-order chi connectivity index (χ0) is 14.0. The Balaban J connectivity index is 2.61. The zero-order valence-electron chi connectivity index (χ0n) is 9.89. The maximum absolute atomic E-state index is 6.23. The van der Waals surface area contributed by atoms with Gasteiger partial charge in [0.2, 0.25) is 0 Å². The Hall–Kier alpha value is -0.440. The molecule has 0 saturated carbocycles. The van der Waals surface area contributed by atoms with Crippen LogP contribution in [0.25, 0.3) is 11.1 Å². The molecule has 19 heavy (non-hydrogen) atoms. The minimum absolute atomic E-state index is 0.476. The summed E-state index contributed by atoms with van der Waals surface area (Å²) in [7, 11) is 0. The van der Waals surface area contributed by atoms with E-state index in [0.29, 0.717) is 32.2 Å². The van der Waals surface area contributed by atoms with E-state index < -0.39 is 0 Å². The standard InChI is InChI=1S/C14H11Cl4N/c15-9-6-12(17)14(13(18)7-9)10-5-8(3-4-19)1-2-11(10)16/h1-2,5-7H,3-4,19H2. The van der Waals surface area contributed by atoms with E-state index in [9.17, 15) is 0 Å². The Labute approximate surface area is 132 Å². The van der Waals surface area contributed by atoms with Gasteiger partial charge >= 0.3 is 0 Å². The molecule has 0 bridgehead atoms. The van der Waals surface area contributed by atoms with Crippen LogP contribution in [0.15, 0.2) is 30.3 Å². The molecular weight excluding hydrogens is 324 g/mol. The van der Waals surface area contributed by atoms with Crippen LogP contribution in [-0.4, -0.2) is 6.54 Å². The van der Waals surface area contributed by atoms with E-state index in [0.717, 1.165) is 17.5 Å². The molecule has 2 N–H and O–H groups in total. The maximum Gasteiger partial charge on any atom is 0.0514 e. The quantitative estimate of drug-likeness (QED) is 0.791. The monoisotopic (exact) mass is 333 g/mol. The second-order valence-corrected chi connectivity index (χ2v) is 5.76. The number of hydrogen-bond acceptors (Lipinski definition) is 1. The number of rotatable bonds is 3. The Kier molecular flexibility index (Phi) is 4.99. The number of hydrogen-bond donors (Lipinski definition) is 1.